The fraction of sp³-hybridized carbons (Fsp3) is 0.345. The summed E-state index contributed by atoms with van der Waals surface area (Å²) >= 11 is 0. The summed E-state index contributed by atoms with van der Waals surface area (Å²) in [5, 5.41) is 0. The summed E-state index contributed by atoms with van der Waals surface area (Å²) in [6.07, 6.45) is 4.45. The number of nitrogens with zero attached hydrogens (tertiary/aromatic N) is 3. The van der Waals surface area contributed by atoms with Crippen LogP contribution in [0.2, 0.25) is 0 Å². The van der Waals surface area contributed by atoms with Crippen molar-refractivity contribution in [1.29, 1.82) is 0 Å². The van der Waals surface area contributed by atoms with E-state index >= 15 is 0 Å². The summed E-state index contributed by atoms with van der Waals surface area (Å²) in [6, 6.07) is 23.6. The number of ether oxygens (including phenoxy) is 1. The lowest BCUT2D eigenvalue weighted by Gasteiger charge is -2.32. The molecule has 0 spiro atoms. The molecule has 176 valence electrons. The summed E-state index contributed by atoms with van der Waals surface area (Å²) in [5.41, 5.74) is 4.65. The van der Waals surface area contributed by atoms with Gasteiger partial charge in [0.05, 0.1) is 18.1 Å². The van der Waals surface area contributed by atoms with E-state index in [0.717, 1.165) is 67.2 Å². The lowest BCUT2D eigenvalue weighted by Crippen LogP contribution is -2.36. The maximum Gasteiger partial charge on any atom is 0.123 e. The first-order valence-corrected chi connectivity index (χ1v) is 12.2. The Hall–Kier alpha value is -3.18. The van der Waals surface area contributed by atoms with E-state index < -0.39 is 0 Å². The van der Waals surface area contributed by atoms with Gasteiger partial charge < -0.3 is 14.2 Å². The fourth-order valence-electron chi connectivity index (χ4n) is 4.98. The van der Waals surface area contributed by atoms with E-state index in [-0.39, 0.29) is 5.82 Å². The Kier molecular flexibility index (Phi) is 6.91. The van der Waals surface area contributed by atoms with Crippen LogP contribution in [0.25, 0.3) is 11.0 Å². The van der Waals surface area contributed by atoms with Crippen molar-refractivity contribution in [2.75, 3.05) is 26.7 Å². The second-order valence-electron chi connectivity index (χ2n) is 9.32. The molecule has 0 aliphatic carbocycles. The first-order valence-electron chi connectivity index (χ1n) is 12.2. The number of hydrogen-bond donors (Lipinski definition) is 0. The van der Waals surface area contributed by atoms with E-state index in [4.69, 9.17) is 9.72 Å². The number of likely N-dealkylation sites (tertiary alicyclic amines) is 1. The molecular weight excluding hydrogens is 425 g/mol. The van der Waals surface area contributed by atoms with Crippen LogP contribution in [0.15, 0.2) is 72.8 Å². The Morgan fingerprint density at radius 1 is 0.912 bits per heavy atom. The van der Waals surface area contributed by atoms with Crippen LogP contribution in [0, 0.1) is 11.7 Å². The molecule has 0 unspecified atom stereocenters. The zero-order valence-corrected chi connectivity index (χ0v) is 19.8. The Bertz CT molecular complexity index is 1210. The minimum absolute atomic E-state index is 0.196. The summed E-state index contributed by atoms with van der Waals surface area (Å²) in [5.74, 6) is 2.50. The van der Waals surface area contributed by atoms with E-state index in [1.54, 1.807) is 7.11 Å². The molecule has 34 heavy (non-hydrogen) atoms. The average Bonchev–Trinajstić information content (AvgIpc) is 3.22. The second kappa shape index (κ2) is 10.4. The lowest BCUT2D eigenvalue weighted by molar-refractivity contribution is 0.184. The van der Waals surface area contributed by atoms with Gasteiger partial charge in [0.15, 0.2) is 0 Å². The number of rotatable bonds is 8. The van der Waals surface area contributed by atoms with E-state index in [1.165, 1.54) is 30.5 Å². The molecule has 0 bridgehead atoms. The smallest absolute Gasteiger partial charge is 0.123 e. The van der Waals surface area contributed by atoms with Crippen LogP contribution < -0.4 is 4.74 Å². The molecule has 1 aliphatic heterocycles. The number of imidazole rings is 1. The minimum Gasteiger partial charge on any atom is -0.497 e. The van der Waals surface area contributed by atoms with Gasteiger partial charge in [-0.25, -0.2) is 9.37 Å². The third kappa shape index (κ3) is 5.31. The van der Waals surface area contributed by atoms with Gasteiger partial charge in [0.25, 0.3) is 0 Å². The van der Waals surface area contributed by atoms with Gasteiger partial charge in [-0.3, -0.25) is 0 Å². The van der Waals surface area contributed by atoms with Crippen molar-refractivity contribution < 1.29 is 9.13 Å². The molecule has 1 fully saturated rings. The highest BCUT2D eigenvalue weighted by atomic mass is 19.1. The van der Waals surface area contributed by atoms with Crippen molar-refractivity contribution in [3.8, 4) is 5.75 Å². The highest BCUT2D eigenvalue weighted by Crippen LogP contribution is 2.25. The molecule has 1 aliphatic rings. The minimum atomic E-state index is -0.196. The normalized spacial score (nSPS) is 15.1. The third-order valence-electron chi connectivity index (χ3n) is 7.04. The van der Waals surface area contributed by atoms with Crippen LogP contribution in [0.3, 0.4) is 0 Å². The Balaban J connectivity index is 1.21. The van der Waals surface area contributed by atoms with E-state index in [9.17, 15) is 4.39 Å². The number of fused-ring (bicyclic) bond motifs is 1. The average molecular weight is 458 g/mol. The van der Waals surface area contributed by atoms with Crippen molar-refractivity contribution in [2.45, 2.75) is 32.2 Å². The summed E-state index contributed by atoms with van der Waals surface area (Å²) < 4.78 is 21.0. The summed E-state index contributed by atoms with van der Waals surface area (Å²) in [4.78, 5) is 7.58. The zero-order chi connectivity index (χ0) is 23.3. The predicted molar refractivity (Wildman–Crippen MR) is 135 cm³/mol. The topological polar surface area (TPSA) is 30.3 Å². The van der Waals surface area contributed by atoms with Gasteiger partial charge in [-0.05, 0) is 85.8 Å². The number of para-hydroxylation sites is 2. The van der Waals surface area contributed by atoms with Crippen molar-refractivity contribution in [3.63, 3.8) is 0 Å². The lowest BCUT2D eigenvalue weighted by atomic mass is 9.93. The molecule has 1 aromatic heterocycles. The van der Waals surface area contributed by atoms with Crippen molar-refractivity contribution in [2.24, 2.45) is 5.92 Å². The quantitative estimate of drug-likeness (QED) is 0.339. The maximum absolute atomic E-state index is 13.4. The van der Waals surface area contributed by atoms with Crippen LogP contribution >= 0.6 is 0 Å². The monoisotopic (exact) mass is 457 g/mol. The zero-order valence-electron chi connectivity index (χ0n) is 19.8. The fourth-order valence-corrected chi connectivity index (χ4v) is 4.98. The molecule has 0 atom stereocenters. The molecule has 2 heterocycles. The molecule has 5 heteroatoms. The van der Waals surface area contributed by atoms with E-state index in [0.29, 0.717) is 5.92 Å². The van der Waals surface area contributed by atoms with Crippen LogP contribution in [0.1, 0.15) is 29.8 Å². The molecule has 0 N–H and O–H groups in total. The van der Waals surface area contributed by atoms with Gasteiger partial charge >= 0.3 is 0 Å². The first kappa shape index (κ1) is 22.6. The van der Waals surface area contributed by atoms with Gasteiger partial charge in [-0.2, -0.15) is 0 Å². The predicted octanol–water partition coefficient (Wildman–Crippen LogP) is 5.73. The van der Waals surface area contributed by atoms with Crippen LogP contribution in [-0.2, 0) is 19.4 Å². The van der Waals surface area contributed by atoms with Crippen molar-refractivity contribution in [3.05, 3.63) is 95.6 Å². The highest BCUT2D eigenvalue weighted by molar-refractivity contribution is 5.76. The van der Waals surface area contributed by atoms with Gasteiger partial charge in [0.1, 0.15) is 17.4 Å². The van der Waals surface area contributed by atoms with Crippen LogP contribution in [-0.4, -0.2) is 41.2 Å². The first-order chi connectivity index (χ1) is 16.7. The third-order valence-corrected chi connectivity index (χ3v) is 7.04. The number of hydrogen-bond acceptors (Lipinski definition) is 3. The highest BCUT2D eigenvalue weighted by Gasteiger charge is 2.22. The van der Waals surface area contributed by atoms with Gasteiger partial charge in [0.2, 0.25) is 0 Å². The second-order valence-corrected chi connectivity index (χ2v) is 9.32. The van der Waals surface area contributed by atoms with Gasteiger partial charge in [0, 0.05) is 19.5 Å². The van der Waals surface area contributed by atoms with E-state index in [2.05, 4.69) is 39.8 Å². The molecule has 0 radical (unpaired) electrons. The Labute approximate surface area is 201 Å². The van der Waals surface area contributed by atoms with Crippen molar-refractivity contribution >= 4 is 11.0 Å². The number of benzene rings is 3. The molecule has 4 nitrogen and oxygen atoms in total. The molecule has 0 saturated carbocycles. The molecule has 4 aromatic rings. The largest absolute Gasteiger partial charge is 0.497 e. The van der Waals surface area contributed by atoms with Crippen LogP contribution in [0.5, 0.6) is 5.75 Å². The SMILES string of the molecule is COc1ccc(CCN2CCC(Cc3nc4ccccc4n3Cc3ccc(F)cc3)CC2)cc1. The molecule has 0 amide bonds. The van der Waals surface area contributed by atoms with Crippen LogP contribution in [0.4, 0.5) is 4.39 Å². The maximum atomic E-state index is 13.4. The number of piperidine rings is 1. The molecule has 5 rings (SSSR count). The summed E-state index contributed by atoms with van der Waals surface area (Å²) in [7, 11) is 1.71. The van der Waals surface area contributed by atoms with Crippen molar-refractivity contribution in [1.82, 2.24) is 14.5 Å². The Morgan fingerprint density at radius 2 is 1.62 bits per heavy atom. The summed E-state index contributed by atoms with van der Waals surface area (Å²) in [6.45, 7) is 4.09. The molecule has 3 aromatic carbocycles. The van der Waals surface area contributed by atoms with Gasteiger partial charge in [-0.15, -0.1) is 0 Å². The molecular formula is C29H32FN3O. The molecule has 1 saturated heterocycles. The number of halogens is 1. The number of methoxy groups -OCH3 is 1. The van der Waals surface area contributed by atoms with Gasteiger partial charge in [-0.1, -0.05) is 36.4 Å². The standard InChI is InChI=1S/C29H32FN3O/c1-34-26-12-8-22(9-13-26)14-17-32-18-15-23(16-19-32)20-29-31-27-4-2-3-5-28(27)33(29)21-24-6-10-25(30)11-7-24/h2-13,23H,14-21H2,1H3. The Morgan fingerprint density at radius 3 is 2.35 bits per heavy atom. The van der Waals surface area contributed by atoms with E-state index in [1.807, 2.05) is 30.3 Å². The number of aromatic nitrogens is 2.